The first-order valence-corrected chi connectivity index (χ1v) is 8.06. The molecule has 6 nitrogen and oxygen atoms in total. The minimum absolute atomic E-state index is 0.201. The summed E-state index contributed by atoms with van der Waals surface area (Å²) < 4.78 is 5.18. The summed E-state index contributed by atoms with van der Waals surface area (Å²) in [6.45, 7) is 7.26. The smallest absolute Gasteiger partial charge is 0.412 e. The molecule has 1 heterocycles. The number of hydrogen-bond donors (Lipinski definition) is 2. The van der Waals surface area contributed by atoms with Crippen LogP contribution in [-0.4, -0.2) is 22.6 Å². The third-order valence-corrected chi connectivity index (χ3v) is 3.27. The summed E-state index contributed by atoms with van der Waals surface area (Å²) in [5, 5.41) is 5.52. The molecule has 2 aromatic rings. The van der Waals surface area contributed by atoms with Crippen molar-refractivity contribution in [1.82, 2.24) is 10.3 Å². The molecule has 0 radical (unpaired) electrons. The topological polar surface area (TPSA) is 80.3 Å². The van der Waals surface area contributed by atoms with E-state index in [0.29, 0.717) is 11.3 Å². The van der Waals surface area contributed by atoms with Crippen molar-refractivity contribution in [2.24, 2.45) is 0 Å². The van der Waals surface area contributed by atoms with Gasteiger partial charge in [0.25, 0.3) is 5.91 Å². The highest BCUT2D eigenvalue weighted by molar-refractivity contribution is 5.95. The minimum Gasteiger partial charge on any atom is -0.444 e. The summed E-state index contributed by atoms with van der Waals surface area (Å²) in [6.07, 6.45) is 1.16. The van der Waals surface area contributed by atoms with Crippen LogP contribution in [0.3, 0.4) is 0 Å². The Labute approximate surface area is 147 Å². The highest BCUT2D eigenvalue weighted by Crippen LogP contribution is 2.14. The predicted molar refractivity (Wildman–Crippen MR) is 96.4 cm³/mol. The molecule has 2 rings (SSSR count). The van der Waals surface area contributed by atoms with Gasteiger partial charge in [-0.3, -0.25) is 15.1 Å². The highest BCUT2D eigenvalue weighted by atomic mass is 16.6. The maximum Gasteiger partial charge on any atom is 0.412 e. The van der Waals surface area contributed by atoms with Gasteiger partial charge < -0.3 is 10.1 Å². The first kappa shape index (κ1) is 18.4. The van der Waals surface area contributed by atoms with E-state index in [4.69, 9.17) is 4.74 Å². The molecule has 132 valence electrons. The molecule has 0 unspecified atom stereocenters. The van der Waals surface area contributed by atoms with Crippen molar-refractivity contribution >= 4 is 17.7 Å². The van der Waals surface area contributed by atoms with Crippen LogP contribution in [0.4, 0.5) is 10.5 Å². The van der Waals surface area contributed by atoms with Crippen LogP contribution in [0.2, 0.25) is 0 Å². The molecule has 2 amide bonds. The van der Waals surface area contributed by atoms with Crippen LogP contribution < -0.4 is 10.6 Å². The minimum atomic E-state index is -0.564. The molecular formula is C19H23N3O3. The van der Waals surface area contributed by atoms with E-state index in [0.717, 1.165) is 5.69 Å². The van der Waals surface area contributed by atoms with Crippen molar-refractivity contribution < 1.29 is 14.3 Å². The van der Waals surface area contributed by atoms with E-state index in [1.165, 1.54) is 0 Å². The van der Waals surface area contributed by atoms with Gasteiger partial charge in [0.15, 0.2) is 0 Å². The van der Waals surface area contributed by atoms with Gasteiger partial charge in [0.05, 0.1) is 11.7 Å². The molecule has 0 bridgehead atoms. The van der Waals surface area contributed by atoms with E-state index in [1.54, 1.807) is 51.2 Å². The van der Waals surface area contributed by atoms with Crippen molar-refractivity contribution in [2.45, 2.75) is 39.3 Å². The Hall–Kier alpha value is -2.89. The van der Waals surface area contributed by atoms with Gasteiger partial charge in [-0.05, 0) is 64.1 Å². The number of pyridine rings is 1. The zero-order chi connectivity index (χ0) is 18.4. The van der Waals surface area contributed by atoms with Crippen molar-refractivity contribution in [2.75, 3.05) is 5.32 Å². The Bertz CT molecular complexity index is 722. The summed E-state index contributed by atoms with van der Waals surface area (Å²) in [6, 6.07) is 12.0. The Morgan fingerprint density at radius 3 is 2.32 bits per heavy atom. The predicted octanol–water partition coefficient (Wildman–Crippen LogP) is 3.92. The maximum absolute atomic E-state index is 12.3. The van der Waals surface area contributed by atoms with Gasteiger partial charge in [0.2, 0.25) is 0 Å². The zero-order valence-electron chi connectivity index (χ0n) is 14.9. The molecule has 2 N–H and O–H groups in total. The third-order valence-electron chi connectivity index (χ3n) is 3.27. The molecule has 0 fully saturated rings. The van der Waals surface area contributed by atoms with E-state index >= 15 is 0 Å². The second kappa shape index (κ2) is 7.79. The lowest BCUT2D eigenvalue weighted by molar-refractivity contribution is 0.0635. The largest absolute Gasteiger partial charge is 0.444 e. The number of carbonyl (C=O) groups is 2. The van der Waals surface area contributed by atoms with Gasteiger partial charge >= 0.3 is 6.09 Å². The Morgan fingerprint density at radius 2 is 1.76 bits per heavy atom. The quantitative estimate of drug-likeness (QED) is 0.883. The molecule has 0 spiro atoms. The first-order valence-electron chi connectivity index (χ1n) is 8.06. The lowest BCUT2D eigenvalue weighted by atomic mass is 10.1. The molecule has 1 aromatic heterocycles. The molecule has 1 aromatic carbocycles. The SMILES string of the molecule is C[C@@H](NC(=O)c1ccc(NC(=O)OC(C)(C)C)cc1)c1ccccn1. The van der Waals surface area contributed by atoms with Crippen molar-refractivity contribution in [3.63, 3.8) is 0 Å². The number of rotatable bonds is 4. The van der Waals surface area contributed by atoms with E-state index in [9.17, 15) is 9.59 Å². The molecule has 1 atom stereocenters. The van der Waals surface area contributed by atoms with Gasteiger partial charge in [-0.2, -0.15) is 0 Å². The van der Waals surface area contributed by atoms with E-state index in [1.807, 2.05) is 25.1 Å². The molecular weight excluding hydrogens is 318 g/mol. The van der Waals surface area contributed by atoms with Crippen molar-refractivity contribution in [1.29, 1.82) is 0 Å². The molecule has 0 aliphatic rings. The highest BCUT2D eigenvalue weighted by Gasteiger charge is 2.16. The first-order chi connectivity index (χ1) is 11.7. The number of nitrogens with zero attached hydrogens (tertiary/aromatic N) is 1. The summed E-state index contributed by atoms with van der Waals surface area (Å²) in [5.74, 6) is -0.207. The van der Waals surface area contributed by atoms with Crippen LogP contribution in [0.25, 0.3) is 0 Å². The fraction of sp³-hybridized carbons (Fsp3) is 0.316. The van der Waals surface area contributed by atoms with Gasteiger partial charge in [0, 0.05) is 17.4 Å². The number of carbonyl (C=O) groups excluding carboxylic acids is 2. The van der Waals surface area contributed by atoms with Crippen LogP contribution in [0.1, 0.15) is 49.8 Å². The number of nitrogens with one attached hydrogen (secondary N) is 2. The van der Waals surface area contributed by atoms with Gasteiger partial charge in [0.1, 0.15) is 5.60 Å². The van der Waals surface area contributed by atoms with Crippen molar-refractivity contribution in [3.05, 3.63) is 59.9 Å². The standard InChI is InChI=1S/C19H23N3O3/c1-13(16-7-5-6-12-20-16)21-17(23)14-8-10-15(11-9-14)22-18(24)25-19(2,3)4/h5-13H,1-4H3,(H,21,23)(H,22,24)/t13-/m1/s1. The molecule has 0 saturated heterocycles. The Balaban J connectivity index is 1.95. The van der Waals surface area contributed by atoms with E-state index in [-0.39, 0.29) is 11.9 Å². The Kier molecular flexibility index (Phi) is 5.75. The lowest BCUT2D eigenvalue weighted by Gasteiger charge is -2.19. The third kappa shape index (κ3) is 5.91. The monoisotopic (exact) mass is 341 g/mol. The molecule has 25 heavy (non-hydrogen) atoms. The second-order valence-corrected chi connectivity index (χ2v) is 6.65. The van der Waals surface area contributed by atoms with E-state index in [2.05, 4.69) is 15.6 Å². The van der Waals surface area contributed by atoms with Gasteiger partial charge in [-0.25, -0.2) is 4.79 Å². The molecule has 6 heteroatoms. The average molecular weight is 341 g/mol. The normalized spacial score (nSPS) is 12.2. The summed E-state index contributed by atoms with van der Waals surface area (Å²) >= 11 is 0. The van der Waals surface area contributed by atoms with Crippen LogP contribution in [-0.2, 0) is 4.74 Å². The van der Waals surface area contributed by atoms with Crippen LogP contribution in [0, 0.1) is 0 Å². The van der Waals surface area contributed by atoms with E-state index < -0.39 is 11.7 Å². The van der Waals surface area contributed by atoms with Crippen LogP contribution in [0.15, 0.2) is 48.7 Å². The molecule has 0 aliphatic heterocycles. The van der Waals surface area contributed by atoms with Crippen LogP contribution >= 0.6 is 0 Å². The fourth-order valence-electron chi connectivity index (χ4n) is 2.11. The summed E-state index contributed by atoms with van der Waals surface area (Å²) in [7, 11) is 0. The molecule has 0 aliphatic carbocycles. The summed E-state index contributed by atoms with van der Waals surface area (Å²) in [4.78, 5) is 28.3. The number of anilines is 1. The van der Waals surface area contributed by atoms with Crippen molar-refractivity contribution in [3.8, 4) is 0 Å². The summed E-state index contributed by atoms with van der Waals surface area (Å²) in [5.41, 5.74) is 1.28. The maximum atomic E-state index is 12.3. The van der Waals surface area contributed by atoms with Gasteiger partial charge in [-0.15, -0.1) is 0 Å². The van der Waals surface area contributed by atoms with Crippen LogP contribution in [0.5, 0.6) is 0 Å². The average Bonchev–Trinajstić information content (AvgIpc) is 2.54. The number of aromatic nitrogens is 1. The molecule has 0 saturated carbocycles. The lowest BCUT2D eigenvalue weighted by Crippen LogP contribution is -2.28. The number of hydrogen-bond acceptors (Lipinski definition) is 4. The fourth-order valence-corrected chi connectivity index (χ4v) is 2.11. The van der Waals surface area contributed by atoms with Gasteiger partial charge in [-0.1, -0.05) is 6.07 Å². The Morgan fingerprint density at radius 1 is 1.08 bits per heavy atom. The number of ether oxygens (including phenoxy) is 1. The number of benzene rings is 1. The second-order valence-electron chi connectivity index (χ2n) is 6.65. The zero-order valence-corrected chi connectivity index (χ0v) is 14.9. The number of amides is 2.